The van der Waals surface area contributed by atoms with Gasteiger partial charge < -0.3 is 20.7 Å². The largest absolute Gasteiger partial charge is 0.493 e. The number of carbonyl (C=O) groups excluding carboxylic acids is 1. The quantitative estimate of drug-likeness (QED) is 0.257. The molecule has 206 valence electrons. The summed E-state index contributed by atoms with van der Waals surface area (Å²) >= 11 is 0. The Morgan fingerprint density at radius 3 is 2.60 bits per heavy atom. The van der Waals surface area contributed by atoms with Crippen molar-refractivity contribution >= 4 is 11.7 Å². The van der Waals surface area contributed by atoms with Crippen molar-refractivity contribution < 1.29 is 13.9 Å². The van der Waals surface area contributed by atoms with Crippen molar-refractivity contribution in [2.75, 3.05) is 38.1 Å². The van der Waals surface area contributed by atoms with Gasteiger partial charge in [0.15, 0.2) is 0 Å². The zero-order valence-corrected chi connectivity index (χ0v) is 22.4. The van der Waals surface area contributed by atoms with Crippen LogP contribution >= 0.6 is 0 Å². The third kappa shape index (κ3) is 7.88. The lowest BCUT2D eigenvalue weighted by atomic mass is 9.96. The van der Waals surface area contributed by atoms with Gasteiger partial charge in [-0.05, 0) is 76.3 Å². The number of piperazine rings is 1. The first-order valence-electron chi connectivity index (χ1n) is 13.6. The van der Waals surface area contributed by atoms with E-state index in [9.17, 15) is 9.18 Å². The molecular formula is C32H34FN5O2. The van der Waals surface area contributed by atoms with Crippen LogP contribution < -0.4 is 20.7 Å². The van der Waals surface area contributed by atoms with Gasteiger partial charge in [0.2, 0.25) is 0 Å². The monoisotopic (exact) mass is 539 g/mol. The fourth-order valence-electron chi connectivity index (χ4n) is 4.77. The maximum Gasteiger partial charge on any atom is 0.319 e. The lowest BCUT2D eigenvalue weighted by Gasteiger charge is -2.27. The van der Waals surface area contributed by atoms with Crippen molar-refractivity contribution in [1.82, 2.24) is 20.5 Å². The minimum atomic E-state index is -0.293. The second-order valence-corrected chi connectivity index (χ2v) is 9.82. The first-order valence-corrected chi connectivity index (χ1v) is 13.6. The standard InChI is InChI=1S/C32H34FN5O2/c33-28-7-6-26(31(20-28)27-5-1-3-24(19-27)23-38-16-14-34-15-17-38)12-18-40-30-10-8-29(9-11-30)37-32(39)36-22-25-4-2-13-35-21-25/h1-11,13,19-21,34H,12,14-18,22-23H2,(H2,36,37,39). The van der Waals surface area contributed by atoms with Crippen LogP contribution in [0.1, 0.15) is 16.7 Å². The number of aromatic nitrogens is 1. The number of carbonyl (C=O) groups is 1. The molecule has 7 nitrogen and oxygen atoms in total. The number of benzene rings is 3. The smallest absolute Gasteiger partial charge is 0.319 e. The molecule has 1 aliphatic heterocycles. The van der Waals surface area contributed by atoms with Gasteiger partial charge in [0.1, 0.15) is 11.6 Å². The molecule has 1 aliphatic rings. The summed E-state index contributed by atoms with van der Waals surface area (Å²) in [6, 6.07) is 24.0. The van der Waals surface area contributed by atoms with E-state index < -0.39 is 0 Å². The highest BCUT2D eigenvalue weighted by atomic mass is 19.1. The topological polar surface area (TPSA) is 78.5 Å². The zero-order valence-electron chi connectivity index (χ0n) is 22.4. The van der Waals surface area contributed by atoms with Crippen LogP contribution in [0.25, 0.3) is 11.1 Å². The Hall–Kier alpha value is -4.27. The van der Waals surface area contributed by atoms with Crippen LogP contribution in [0, 0.1) is 5.82 Å². The molecule has 40 heavy (non-hydrogen) atoms. The molecule has 1 fully saturated rings. The number of urea groups is 1. The van der Waals surface area contributed by atoms with E-state index in [1.807, 2.05) is 42.5 Å². The third-order valence-electron chi connectivity index (χ3n) is 6.85. The third-order valence-corrected chi connectivity index (χ3v) is 6.85. The van der Waals surface area contributed by atoms with Crippen LogP contribution in [-0.4, -0.2) is 48.7 Å². The molecule has 0 radical (unpaired) electrons. The molecule has 2 heterocycles. The van der Waals surface area contributed by atoms with Crippen LogP contribution in [-0.2, 0) is 19.5 Å². The van der Waals surface area contributed by atoms with Crippen molar-refractivity contribution in [3.63, 3.8) is 0 Å². The maximum absolute atomic E-state index is 14.3. The van der Waals surface area contributed by atoms with Gasteiger partial charge in [-0.25, -0.2) is 9.18 Å². The first kappa shape index (κ1) is 27.3. The molecule has 0 saturated carbocycles. The summed E-state index contributed by atoms with van der Waals surface area (Å²) in [5, 5.41) is 9.01. The zero-order chi connectivity index (χ0) is 27.6. The average Bonchev–Trinajstić information content (AvgIpc) is 2.99. The minimum Gasteiger partial charge on any atom is -0.493 e. The predicted octanol–water partition coefficient (Wildman–Crippen LogP) is 5.24. The summed E-state index contributed by atoms with van der Waals surface area (Å²) in [6.45, 7) is 5.81. The lowest BCUT2D eigenvalue weighted by Crippen LogP contribution is -2.42. The van der Waals surface area contributed by atoms with E-state index >= 15 is 0 Å². The molecule has 8 heteroatoms. The van der Waals surface area contributed by atoms with Gasteiger partial charge in [-0.1, -0.05) is 30.3 Å². The van der Waals surface area contributed by atoms with Gasteiger partial charge in [-0.2, -0.15) is 0 Å². The Morgan fingerprint density at radius 2 is 1.80 bits per heavy atom. The van der Waals surface area contributed by atoms with E-state index in [0.717, 1.165) is 55.0 Å². The van der Waals surface area contributed by atoms with Crippen LogP contribution in [0.2, 0.25) is 0 Å². The molecule has 5 rings (SSSR count). The maximum atomic E-state index is 14.3. The van der Waals surface area contributed by atoms with E-state index in [4.69, 9.17) is 4.74 Å². The van der Waals surface area contributed by atoms with Gasteiger partial charge in [0.05, 0.1) is 6.61 Å². The SMILES string of the molecule is O=C(NCc1cccnc1)Nc1ccc(OCCc2ccc(F)cc2-c2cccc(CN3CCNCC3)c2)cc1. The van der Waals surface area contributed by atoms with Gasteiger partial charge >= 0.3 is 6.03 Å². The summed E-state index contributed by atoms with van der Waals surface area (Å²) in [6.07, 6.45) is 4.04. The van der Waals surface area contributed by atoms with Crippen LogP contribution in [0.3, 0.4) is 0 Å². The molecule has 0 unspecified atom stereocenters. The van der Waals surface area contributed by atoms with Gasteiger partial charge in [0.25, 0.3) is 0 Å². The first-order chi connectivity index (χ1) is 19.6. The predicted molar refractivity (Wildman–Crippen MR) is 156 cm³/mol. The number of nitrogens with one attached hydrogen (secondary N) is 3. The van der Waals surface area contributed by atoms with Crippen LogP contribution in [0.15, 0.2) is 91.3 Å². The molecule has 3 N–H and O–H groups in total. The lowest BCUT2D eigenvalue weighted by molar-refractivity contribution is 0.233. The highest BCUT2D eigenvalue weighted by Gasteiger charge is 2.12. The molecule has 2 amide bonds. The van der Waals surface area contributed by atoms with Gasteiger partial charge in [-0.15, -0.1) is 0 Å². The summed E-state index contributed by atoms with van der Waals surface area (Å²) in [4.78, 5) is 18.7. The Bertz CT molecular complexity index is 1390. The van der Waals surface area contributed by atoms with E-state index in [2.05, 4.69) is 38.0 Å². The average molecular weight is 540 g/mol. The van der Waals surface area contributed by atoms with Crippen molar-refractivity contribution in [3.05, 3.63) is 114 Å². The van der Waals surface area contributed by atoms with Crippen molar-refractivity contribution in [1.29, 1.82) is 0 Å². The van der Waals surface area contributed by atoms with Crippen molar-refractivity contribution in [2.45, 2.75) is 19.5 Å². The highest BCUT2D eigenvalue weighted by molar-refractivity contribution is 5.89. The van der Waals surface area contributed by atoms with Crippen molar-refractivity contribution in [3.8, 4) is 16.9 Å². The number of hydrogen-bond acceptors (Lipinski definition) is 5. The molecular weight excluding hydrogens is 505 g/mol. The van der Waals surface area contributed by atoms with E-state index in [-0.39, 0.29) is 11.8 Å². The molecule has 1 aromatic heterocycles. The molecule has 0 atom stereocenters. The molecule has 3 aromatic carbocycles. The Kier molecular flexibility index (Phi) is 9.34. The summed E-state index contributed by atoms with van der Waals surface area (Å²) in [7, 11) is 0. The number of halogens is 1. The molecule has 4 aromatic rings. The minimum absolute atomic E-state index is 0.250. The second kappa shape index (κ2) is 13.7. The number of anilines is 1. The second-order valence-electron chi connectivity index (χ2n) is 9.82. The Morgan fingerprint density at radius 1 is 0.975 bits per heavy atom. The summed E-state index contributed by atoms with van der Waals surface area (Å²) in [5.41, 5.74) is 5.75. The number of pyridine rings is 1. The number of hydrogen-bond donors (Lipinski definition) is 3. The van der Waals surface area contributed by atoms with Gasteiger partial charge in [0, 0.05) is 63.8 Å². The number of rotatable bonds is 10. The molecule has 1 saturated heterocycles. The van der Waals surface area contributed by atoms with Crippen LogP contribution in [0.5, 0.6) is 5.75 Å². The number of ether oxygens (including phenoxy) is 1. The number of amides is 2. The van der Waals surface area contributed by atoms with E-state index in [1.165, 1.54) is 11.6 Å². The summed E-state index contributed by atoms with van der Waals surface area (Å²) < 4.78 is 20.3. The fraction of sp³-hybridized carbons (Fsp3) is 0.250. The number of nitrogens with zero attached hydrogens (tertiary/aromatic N) is 2. The highest BCUT2D eigenvalue weighted by Crippen LogP contribution is 2.27. The van der Waals surface area contributed by atoms with Crippen molar-refractivity contribution in [2.24, 2.45) is 0 Å². The van der Waals surface area contributed by atoms with Gasteiger partial charge in [-0.3, -0.25) is 9.88 Å². The Labute approximate surface area is 234 Å². The van der Waals surface area contributed by atoms with E-state index in [0.29, 0.717) is 31.0 Å². The normalized spacial score (nSPS) is 13.5. The molecule has 0 spiro atoms. The molecule has 0 bridgehead atoms. The Balaban J connectivity index is 1.15. The van der Waals surface area contributed by atoms with E-state index in [1.54, 1.807) is 30.6 Å². The fourth-order valence-corrected chi connectivity index (χ4v) is 4.77. The van der Waals surface area contributed by atoms with Crippen LogP contribution in [0.4, 0.5) is 14.9 Å². The molecule has 0 aliphatic carbocycles. The summed E-state index contributed by atoms with van der Waals surface area (Å²) in [5.74, 6) is 0.447.